The topological polar surface area (TPSA) is 68.4 Å². The van der Waals surface area contributed by atoms with E-state index in [4.69, 9.17) is 0 Å². The van der Waals surface area contributed by atoms with Gasteiger partial charge in [0.1, 0.15) is 0 Å². The Balaban J connectivity index is 2.51. The van der Waals surface area contributed by atoms with E-state index in [1.54, 1.807) is 6.07 Å². The van der Waals surface area contributed by atoms with Crippen molar-refractivity contribution < 1.29 is 19.1 Å². The van der Waals surface area contributed by atoms with Crippen molar-refractivity contribution in [1.82, 2.24) is 4.98 Å². The molecule has 0 amide bonds. The number of aromatic amines is 1. The van der Waals surface area contributed by atoms with E-state index < -0.39 is 11.9 Å². The number of esters is 2. The zero-order valence-corrected chi connectivity index (χ0v) is 10.6. The van der Waals surface area contributed by atoms with Crippen LogP contribution in [0.1, 0.15) is 5.69 Å². The van der Waals surface area contributed by atoms with Crippen molar-refractivity contribution >= 4 is 28.4 Å². The summed E-state index contributed by atoms with van der Waals surface area (Å²) in [6.07, 6.45) is 1.11. The van der Waals surface area contributed by atoms with E-state index in [0.29, 0.717) is 5.69 Å². The Morgan fingerprint density at radius 2 is 1.89 bits per heavy atom. The normalized spacial score (nSPS) is 11.4. The number of aromatic nitrogens is 1. The number of fused-ring (bicyclic) bond motifs is 1. The van der Waals surface area contributed by atoms with Gasteiger partial charge in [0.2, 0.25) is 0 Å². The van der Waals surface area contributed by atoms with Crippen molar-refractivity contribution in [2.45, 2.75) is 0 Å². The predicted molar refractivity (Wildman–Crippen MR) is 70.3 cm³/mol. The summed E-state index contributed by atoms with van der Waals surface area (Å²) in [4.78, 5) is 26.1. The monoisotopic (exact) mass is 259 g/mol. The van der Waals surface area contributed by atoms with Crippen molar-refractivity contribution in [3.63, 3.8) is 0 Å². The second kappa shape index (κ2) is 5.39. The number of methoxy groups -OCH3 is 2. The van der Waals surface area contributed by atoms with Crippen molar-refractivity contribution in [3.8, 4) is 0 Å². The second-order valence-electron chi connectivity index (χ2n) is 3.84. The van der Waals surface area contributed by atoms with Crippen LogP contribution in [0.5, 0.6) is 0 Å². The van der Waals surface area contributed by atoms with Gasteiger partial charge in [0.15, 0.2) is 0 Å². The van der Waals surface area contributed by atoms with E-state index in [1.165, 1.54) is 14.2 Å². The molecule has 2 rings (SSSR count). The zero-order chi connectivity index (χ0) is 13.8. The Morgan fingerprint density at radius 1 is 1.16 bits per heavy atom. The van der Waals surface area contributed by atoms with Gasteiger partial charge in [-0.25, -0.2) is 9.59 Å². The van der Waals surface area contributed by atoms with Gasteiger partial charge in [0.05, 0.1) is 25.5 Å². The lowest BCUT2D eigenvalue weighted by Gasteiger charge is -2.02. The van der Waals surface area contributed by atoms with Crippen LogP contribution in [0.3, 0.4) is 0 Å². The number of nitrogens with one attached hydrogen (secondary N) is 1. The van der Waals surface area contributed by atoms with Crippen LogP contribution in [0.4, 0.5) is 0 Å². The molecule has 19 heavy (non-hydrogen) atoms. The summed E-state index contributed by atoms with van der Waals surface area (Å²) >= 11 is 0. The number of H-pyrrole nitrogens is 1. The van der Waals surface area contributed by atoms with Gasteiger partial charge in [-0.2, -0.15) is 0 Å². The van der Waals surface area contributed by atoms with Gasteiger partial charge in [-0.15, -0.1) is 0 Å². The molecule has 1 N–H and O–H groups in total. The lowest BCUT2D eigenvalue weighted by atomic mass is 10.1. The molecule has 1 heterocycles. The third-order valence-corrected chi connectivity index (χ3v) is 2.69. The summed E-state index contributed by atoms with van der Waals surface area (Å²) in [5, 5.41) is 0.942. The molecule has 1 aromatic heterocycles. The van der Waals surface area contributed by atoms with Gasteiger partial charge in [-0.3, -0.25) is 0 Å². The van der Waals surface area contributed by atoms with Crippen LogP contribution >= 0.6 is 0 Å². The van der Waals surface area contributed by atoms with Crippen molar-refractivity contribution in [3.05, 3.63) is 42.1 Å². The van der Waals surface area contributed by atoms with E-state index in [1.807, 2.05) is 24.3 Å². The quantitative estimate of drug-likeness (QED) is 0.675. The fourth-order valence-corrected chi connectivity index (χ4v) is 1.75. The molecule has 0 saturated heterocycles. The lowest BCUT2D eigenvalue weighted by Crippen LogP contribution is -2.07. The molecular weight excluding hydrogens is 246 g/mol. The summed E-state index contributed by atoms with van der Waals surface area (Å²) in [6.45, 7) is 0. The SMILES string of the molecule is COC(=O)/C=C(/C(=O)OC)c1cc2ccccc2[nH]1. The number of hydrogen-bond acceptors (Lipinski definition) is 4. The van der Waals surface area contributed by atoms with Crippen LogP contribution in [0, 0.1) is 0 Å². The summed E-state index contributed by atoms with van der Waals surface area (Å²) in [7, 11) is 2.51. The molecule has 0 unspecified atom stereocenters. The van der Waals surface area contributed by atoms with Gasteiger partial charge in [-0.1, -0.05) is 18.2 Å². The number of para-hydroxylation sites is 1. The minimum absolute atomic E-state index is 0.130. The highest BCUT2D eigenvalue weighted by molar-refractivity contribution is 6.20. The third kappa shape index (κ3) is 2.65. The van der Waals surface area contributed by atoms with Crippen molar-refractivity contribution in [2.75, 3.05) is 14.2 Å². The van der Waals surface area contributed by atoms with Crippen LogP contribution in [0.25, 0.3) is 16.5 Å². The molecule has 0 fully saturated rings. The molecule has 5 heteroatoms. The minimum Gasteiger partial charge on any atom is -0.466 e. The number of benzene rings is 1. The zero-order valence-electron chi connectivity index (χ0n) is 10.6. The molecule has 2 aromatic rings. The molecule has 0 atom stereocenters. The molecule has 0 aliphatic carbocycles. The summed E-state index contributed by atoms with van der Waals surface area (Å²) in [5.74, 6) is -1.21. The van der Waals surface area contributed by atoms with Crippen LogP contribution in [0.2, 0.25) is 0 Å². The van der Waals surface area contributed by atoms with Gasteiger partial charge in [0.25, 0.3) is 0 Å². The first-order chi connectivity index (χ1) is 9.15. The number of carbonyl (C=O) groups excluding carboxylic acids is 2. The van der Waals surface area contributed by atoms with Crippen LogP contribution in [-0.4, -0.2) is 31.1 Å². The Morgan fingerprint density at radius 3 is 2.53 bits per heavy atom. The summed E-state index contributed by atoms with van der Waals surface area (Å²) in [6, 6.07) is 9.33. The van der Waals surface area contributed by atoms with E-state index in [9.17, 15) is 9.59 Å². The van der Waals surface area contributed by atoms with E-state index >= 15 is 0 Å². The highest BCUT2D eigenvalue weighted by Crippen LogP contribution is 2.21. The van der Waals surface area contributed by atoms with E-state index in [0.717, 1.165) is 17.0 Å². The molecule has 0 aliphatic heterocycles. The Hall–Kier alpha value is -2.56. The third-order valence-electron chi connectivity index (χ3n) is 2.69. The minimum atomic E-state index is -0.612. The number of carbonyl (C=O) groups is 2. The average molecular weight is 259 g/mol. The maximum atomic E-state index is 11.7. The largest absolute Gasteiger partial charge is 0.466 e. The molecular formula is C14H13NO4. The van der Waals surface area contributed by atoms with Gasteiger partial charge >= 0.3 is 11.9 Å². The maximum absolute atomic E-state index is 11.7. The Bertz CT molecular complexity index is 621. The van der Waals surface area contributed by atoms with Gasteiger partial charge < -0.3 is 14.5 Å². The van der Waals surface area contributed by atoms with Crippen molar-refractivity contribution in [2.24, 2.45) is 0 Å². The first-order valence-corrected chi connectivity index (χ1v) is 5.62. The molecule has 5 nitrogen and oxygen atoms in total. The Labute approximate surface area is 109 Å². The molecule has 0 aliphatic rings. The highest BCUT2D eigenvalue weighted by Gasteiger charge is 2.16. The molecule has 98 valence electrons. The smallest absolute Gasteiger partial charge is 0.340 e. The van der Waals surface area contributed by atoms with Crippen LogP contribution in [-0.2, 0) is 19.1 Å². The van der Waals surface area contributed by atoms with Crippen molar-refractivity contribution in [1.29, 1.82) is 0 Å². The fourth-order valence-electron chi connectivity index (χ4n) is 1.75. The average Bonchev–Trinajstić information content (AvgIpc) is 2.87. The molecule has 0 saturated carbocycles. The number of hydrogen-bond donors (Lipinski definition) is 1. The van der Waals surface area contributed by atoms with E-state index in [-0.39, 0.29) is 5.57 Å². The van der Waals surface area contributed by atoms with Crippen LogP contribution < -0.4 is 0 Å². The standard InChI is InChI=1S/C14H13NO4/c1-18-13(16)8-10(14(17)19-2)12-7-9-5-3-4-6-11(9)15-12/h3-8,15H,1-2H3/b10-8+. The van der Waals surface area contributed by atoms with Crippen LogP contribution in [0.15, 0.2) is 36.4 Å². The number of rotatable bonds is 3. The molecule has 0 bridgehead atoms. The lowest BCUT2D eigenvalue weighted by molar-refractivity contribution is -0.136. The maximum Gasteiger partial charge on any atom is 0.340 e. The Kier molecular flexibility index (Phi) is 3.66. The fraction of sp³-hybridized carbons (Fsp3) is 0.143. The number of ether oxygens (including phenoxy) is 2. The van der Waals surface area contributed by atoms with Gasteiger partial charge in [-0.05, 0) is 12.1 Å². The van der Waals surface area contributed by atoms with E-state index in [2.05, 4.69) is 14.5 Å². The first-order valence-electron chi connectivity index (χ1n) is 5.62. The predicted octanol–water partition coefficient (Wildman–Crippen LogP) is 1.90. The molecule has 0 radical (unpaired) electrons. The van der Waals surface area contributed by atoms with Gasteiger partial charge in [0, 0.05) is 17.0 Å². The summed E-state index contributed by atoms with van der Waals surface area (Å²) in [5.41, 5.74) is 1.51. The summed E-state index contributed by atoms with van der Waals surface area (Å²) < 4.78 is 9.21. The first kappa shape index (κ1) is 12.9. The molecule has 1 aromatic carbocycles. The molecule has 0 spiro atoms. The second-order valence-corrected chi connectivity index (χ2v) is 3.84. The highest BCUT2D eigenvalue weighted by atomic mass is 16.5.